The number of benzene rings is 1. The molecule has 1 spiro atoms. The topological polar surface area (TPSA) is 191 Å². The number of nitrogen functional groups attached to an aromatic ring is 1. The quantitative estimate of drug-likeness (QED) is 0.142. The van der Waals surface area contributed by atoms with Gasteiger partial charge in [-0.25, -0.2) is 0 Å². The Hall–Kier alpha value is -3.57. The normalized spacial score (nSPS) is 32.0. The molecule has 4 atom stereocenters. The number of Topliss-reactive ketones (excluding diaryl/α,β-unsaturated/α-hetero) is 2. The van der Waals surface area contributed by atoms with Gasteiger partial charge >= 0.3 is 0 Å². The molecule has 0 radical (unpaired) electrons. The van der Waals surface area contributed by atoms with Gasteiger partial charge in [0.1, 0.15) is 22.8 Å². The number of likely N-dealkylation sites (N-methyl/N-ethyl adjacent to an activating group) is 1. The third-order valence-corrected chi connectivity index (χ3v) is 8.64. The van der Waals surface area contributed by atoms with Gasteiger partial charge in [0.25, 0.3) is 5.91 Å². The summed E-state index contributed by atoms with van der Waals surface area (Å²) in [6, 6.07) is 1.58. The van der Waals surface area contributed by atoms with Crippen molar-refractivity contribution in [3.63, 3.8) is 0 Å². The van der Waals surface area contributed by atoms with E-state index in [2.05, 4.69) is 0 Å². The summed E-state index contributed by atoms with van der Waals surface area (Å²) in [6.45, 7) is 0.504. The van der Waals surface area contributed by atoms with E-state index in [4.69, 9.17) is 11.5 Å². The molecule has 1 saturated heterocycles. The van der Waals surface area contributed by atoms with E-state index in [0.717, 1.165) is 0 Å². The van der Waals surface area contributed by atoms with Crippen molar-refractivity contribution in [2.24, 2.45) is 17.6 Å². The number of hydrogen-bond acceptors (Lipinski definition) is 10. The van der Waals surface area contributed by atoms with Gasteiger partial charge in [0.15, 0.2) is 5.60 Å². The number of amides is 1. The molecule has 1 amide bonds. The summed E-state index contributed by atoms with van der Waals surface area (Å²) in [5, 5.41) is 45.1. The molecule has 0 aromatic heterocycles. The highest BCUT2D eigenvalue weighted by Crippen LogP contribution is 2.58. The molecule has 1 unspecified atom stereocenters. The van der Waals surface area contributed by atoms with Gasteiger partial charge in [0, 0.05) is 31.3 Å². The maximum atomic E-state index is 14.0. The molecule has 1 saturated carbocycles. The minimum absolute atomic E-state index is 0.00737. The van der Waals surface area contributed by atoms with Crippen molar-refractivity contribution in [2.45, 2.75) is 36.8 Å². The van der Waals surface area contributed by atoms with Crippen molar-refractivity contribution in [3.05, 3.63) is 34.1 Å². The molecule has 1 aromatic rings. The Balaban J connectivity index is 1.79. The Morgan fingerprint density at radius 3 is 2.42 bits per heavy atom. The summed E-state index contributed by atoms with van der Waals surface area (Å²) in [6.07, 6.45) is 1.18. The summed E-state index contributed by atoms with van der Waals surface area (Å²) in [4.78, 5) is 43.3. The molecule has 3 aliphatic carbocycles. The van der Waals surface area contributed by atoms with Crippen LogP contribution < -0.4 is 16.4 Å². The molecule has 2 fully saturated rings. The maximum Gasteiger partial charge on any atom is 0.255 e. The number of hydrogen-bond donors (Lipinski definition) is 6. The van der Waals surface area contributed by atoms with Crippen molar-refractivity contribution in [3.8, 4) is 5.75 Å². The predicted molar refractivity (Wildman–Crippen MR) is 130 cm³/mol. The second-order valence-corrected chi connectivity index (χ2v) is 10.5. The van der Waals surface area contributed by atoms with Crippen LogP contribution in [-0.2, 0) is 20.8 Å². The average molecular weight is 499 g/mol. The van der Waals surface area contributed by atoms with E-state index in [-0.39, 0.29) is 29.7 Å². The molecule has 1 aliphatic heterocycles. The first kappa shape index (κ1) is 24.1. The zero-order chi connectivity index (χ0) is 26.5. The lowest BCUT2D eigenvalue weighted by Crippen LogP contribution is -2.71. The minimum atomic E-state index is -2.73. The fourth-order valence-corrected chi connectivity index (χ4v) is 6.99. The van der Waals surface area contributed by atoms with Crippen molar-refractivity contribution in [2.75, 3.05) is 38.3 Å². The first-order valence-electron chi connectivity index (χ1n) is 11.8. The van der Waals surface area contributed by atoms with Crippen LogP contribution in [-0.4, -0.2) is 81.6 Å². The highest BCUT2D eigenvalue weighted by Gasteiger charge is 2.70. The number of aliphatic hydroxyl groups excluding tert-OH is 2. The van der Waals surface area contributed by atoms with Crippen LogP contribution in [0, 0.1) is 11.8 Å². The standard InChI is InChI=1S/C25H30N4O7/c1-28(2)13-9-12(26)18(30)16-11(13)7-10-8-14-24(5-4-6-29(24)3)20(32)17(23(27)35)22(34)25(14,36)21(33)15(10)19(16)31/h9-10,14,30-32,36H,4-8,26H2,1-3H3,(H2,27,35)/t10-,14-,24?,25-/m0/s1. The summed E-state index contributed by atoms with van der Waals surface area (Å²) < 4.78 is 0. The van der Waals surface area contributed by atoms with Crippen LogP contribution in [0.25, 0.3) is 5.76 Å². The SMILES string of the molecule is CN(C)c1cc(N)c(O)c2c1C[C@H]1C[C@H]3C4(CCCN4C)C(O)=C(C(N)=O)C(=O)[C@@]3(O)C(=O)C1=C2O. The number of aliphatic hydroxyl groups is 3. The zero-order valence-electron chi connectivity index (χ0n) is 20.3. The molecule has 0 bridgehead atoms. The van der Waals surface area contributed by atoms with E-state index >= 15 is 0 Å². The molecule has 8 N–H and O–H groups in total. The Labute approximate surface area is 207 Å². The van der Waals surface area contributed by atoms with Crippen LogP contribution in [0.15, 0.2) is 23.0 Å². The van der Waals surface area contributed by atoms with E-state index < -0.39 is 63.3 Å². The van der Waals surface area contributed by atoms with Gasteiger partial charge in [-0.2, -0.15) is 0 Å². The van der Waals surface area contributed by atoms with Crippen molar-refractivity contribution >= 4 is 34.6 Å². The second kappa shape index (κ2) is 7.47. The molecule has 11 nitrogen and oxygen atoms in total. The molecule has 1 heterocycles. The monoisotopic (exact) mass is 498 g/mol. The average Bonchev–Trinajstić information content (AvgIpc) is 3.18. The summed E-state index contributed by atoms with van der Waals surface area (Å²) in [7, 11) is 5.26. The number of carbonyl (C=O) groups is 3. The fraction of sp³-hybridized carbons (Fsp3) is 0.480. The number of fused-ring (bicyclic) bond motifs is 4. The Kier molecular flexibility index (Phi) is 5.01. The second-order valence-electron chi connectivity index (χ2n) is 10.5. The van der Waals surface area contributed by atoms with Crippen molar-refractivity contribution in [1.82, 2.24) is 4.90 Å². The number of anilines is 2. The van der Waals surface area contributed by atoms with Gasteiger partial charge in [-0.3, -0.25) is 19.3 Å². The summed E-state index contributed by atoms with van der Waals surface area (Å²) >= 11 is 0. The van der Waals surface area contributed by atoms with Gasteiger partial charge in [-0.1, -0.05) is 0 Å². The maximum absolute atomic E-state index is 14.0. The van der Waals surface area contributed by atoms with Crippen LogP contribution in [0.2, 0.25) is 0 Å². The number of ketones is 2. The van der Waals surface area contributed by atoms with E-state index in [0.29, 0.717) is 30.6 Å². The third kappa shape index (κ3) is 2.67. The molecule has 192 valence electrons. The van der Waals surface area contributed by atoms with Crippen LogP contribution >= 0.6 is 0 Å². The van der Waals surface area contributed by atoms with Crippen LogP contribution in [0.3, 0.4) is 0 Å². The lowest BCUT2D eigenvalue weighted by Gasteiger charge is -2.55. The lowest BCUT2D eigenvalue weighted by molar-refractivity contribution is -0.168. The predicted octanol–water partition coefficient (Wildman–Crippen LogP) is 0.146. The van der Waals surface area contributed by atoms with E-state index in [1.807, 2.05) is 0 Å². The largest absolute Gasteiger partial charge is 0.509 e. The van der Waals surface area contributed by atoms with Gasteiger partial charge in [-0.05, 0) is 56.8 Å². The Bertz CT molecular complexity index is 1320. The number of likely N-dealkylation sites (tertiary alicyclic amines) is 1. The van der Waals surface area contributed by atoms with Crippen LogP contribution in [0.1, 0.15) is 30.4 Å². The molecular weight excluding hydrogens is 468 g/mol. The van der Waals surface area contributed by atoms with Crippen molar-refractivity contribution in [1.29, 1.82) is 0 Å². The van der Waals surface area contributed by atoms with Crippen molar-refractivity contribution < 1.29 is 34.8 Å². The highest BCUT2D eigenvalue weighted by molar-refractivity contribution is 6.33. The number of nitrogens with two attached hydrogens (primary N) is 2. The number of primary amides is 1. The fourth-order valence-electron chi connectivity index (χ4n) is 6.99. The molecule has 4 aliphatic rings. The minimum Gasteiger partial charge on any atom is -0.509 e. The first-order chi connectivity index (χ1) is 16.8. The summed E-state index contributed by atoms with van der Waals surface area (Å²) in [5.41, 5.74) is 7.52. The first-order valence-corrected chi connectivity index (χ1v) is 11.8. The van der Waals surface area contributed by atoms with Crippen LogP contribution in [0.5, 0.6) is 5.75 Å². The molecule has 1 aromatic carbocycles. The lowest BCUT2D eigenvalue weighted by atomic mass is 9.52. The zero-order valence-corrected chi connectivity index (χ0v) is 20.3. The van der Waals surface area contributed by atoms with Gasteiger partial charge in [-0.15, -0.1) is 0 Å². The van der Waals surface area contributed by atoms with E-state index in [1.54, 1.807) is 37.0 Å². The Morgan fingerprint density at radius 1 is 1.19 bits per heavy atom. The van der Waals surface area contributed by atoms with Gasteiger partial charge < -0.3 is 36.8 Å². The number of rotatable bonds is 2. The summed E-state index contributed by atoms with van der Waals surface area (Å²) in [5.74, 6) is -6.78. The highest BCUT2D eigenvalue weighted by atomic mass is 16.3. The third-order valence-electron chi connectivity index (χ3n) is 8.64. The number of nitrogens with zero attached hydrogens (tertiary/aromatic N) is 2. The van der Waals surface area contributed by atoms with E-state index in [9.17, 15) is 34.8 Å². The molecule has 36 heavy (non-hydrogen) atoms. The Morgan fingerprint density at radius 2 is 1.86 bits per heavy atom. The van der Waals surface area contributed by atoms with Crippen LogP contribution in [0.4, 0.5) is 11.4 Å². The smallest absolute Gasteiger partial charge is 0.255 e. The van der Waals surface area contributed by atoms with E-state index in [1.165, 1.54) is 0 Å². The van der Waals surface area contributed by atoms with Gasteiger partial charge in [0.2, 0.25) is 11.6 Å². The molecule has 11 heteroatoms. The number of carbonyl (C=O) groups excluding carboxylic acids is 3. The number of aromatic hydroxyl groups is 1. The molecular formula is C25H30N4O7. The number of phenolic OH excluding ortho intramolecular Hbond substituents is 1. The molecule has 5 rings (SSSR count). The number of phenols is 1. The van der Waals surface area contributed by atoms with Gasteiger partial charge in [0.05, 0.1) is 16.8 Å².